The minimum Gasteiger partial charge on any atom is -0.497 e. The number of hydrogen-bond donors (Lipinski definition) is 1. The Morgan fingerprint density at radius 2 is 1.96 bits per heavy atom. The van der Waals surface area contributed by atoms with E-state index in [1.807, 2.05) is 24.3 Å². The van der Waals surface area contributed by atoms with Gasteiger partial charge in [-0.3, -0.25) is 4.21 Å². The third-order valence-corrected chi connectivity index (χ3v) is 4.55. The molecular formula is C18H21N3O2S. The van der Waals surface area contributed by atoms with E-state index in [0.29, 0.717) is 28.5 Å². The number of pyridine rings is 1. The Hall–Kier alpha value is -2.39. The van der Waals surface area contributed by atoms with Crippen molar-refractivity contribution in [1.29, 1.82) is 5.26 Å². The lowest BCUT2D eigenvalue weighted by molar-refractivity contribution is 0.415. The Morgan fingerprint density at radius 1 is 1.33 bits per heavy atom. The van der Waals surface area contributed by atoms with Crippen LogP contribution >= 0.6 is 0 Å². The average Bonchev–Trinajstić information content (AvgIpc) is 2.55. The van der Waals surface area contributed by atoms with Crippen LogP contribution in [0.3, 0.4) is 0 Å². The molecule has 6 heteroatoms. The van der Waals surface area contributed by atoms with Gasteiger partial charge in [0, 0.05) is 11.8 Å². The molecule has 0 saturated carbocycles. The Kier molecular flexibility index (Phi) is 5.58. The molecule has 0 spiro atoms. The first-order chi connectivity index (χ1) is 11.4. The Labute approximate surface area is 144 Å². The summed E-state index contributed by atoms with van der Waals surface area (Å²) in [6.45, 7) is 4.14. The number of benzene rings is 1. The first-order valence-corrected chi connectivity index (χ1v) is 9.15. The van der Waals surface area contributed by atoms with Crippen LogP contribution < -0.4 is 10.5 Å². The second-order valence-electron chi connectivity index (χ2n) is 5.92. The van der Waals surface area contributed by atoms with Crippen LogP contribution in [0, 0.1) is 17.2 Å². The van der Waals surface area contributed by atoms with Crippen LogP contribution in [0.25, 0.3) is 11.1 Å². The number of hydrogen-bond acceptors (Lipinski definition) is 5. The van der Waals surface area contributed by atoms with Crippen molar-refractivity contribution in [3.63, 3.8) is 0 Å². The predicted octanol–water partition coefficient (Wildman–Crippen LogP) is 3.15. The first-order valence-electron chi connectivity index (χ1n) is 7.59. The SMILES string of the molecule is COc1ccc(-c2c(C#N)c(N)nc(S(C)=O)c2CC(C)C)cc1. The third-order valence-electron chi connectivity index (χ3n) is 3.66. The molecule has 126 valence electrons. The molecule has 0 radical (unpaired) electrons. The Balaban J connectivity index is 2.82. The van der Waals surface area contributed by atoms with E-state index in [1.165, 1.54) is 0 Å². The molecule has 1 aromatic carbocycles. The summed E-state index contributed by atoms with van der Waals surface area (Å²) in [6.07, 6.45) is 2.24. The molecule has 0 fully saturated rings. The molecule has 0 bridgehead atoms. The van der Waals surface area contributed by atoms with Gasteiger partial charge in [-0.1, -0.05) is 26.0 Å². The molecule has 0 aliphatic rings. The third kappa shape index (κ3) is 3.57. The number of nitrogens with two attached hydrogens (primary N) is 1. The highest BCUT2D eigenvalue weighted by Crippen LogP contribution is 2.35. The maximum atomic E-state index is 12.2. The van der Waals surface area contributed by atoms with Gasteiger partial charge >= 0.3 is 0 Å². The maximum absolute atomic E-state index is 12.2. The normalized spacial score (nSPS) is 12.0. The summed E-state index contributed by atoms with van der Waals surface area (Å²) in [4.78, 5) is 4.25. The van der Waals surface area contributed by atoms with Gasteiger partial charge in [-0.2, -0.15) is 5.26 Å². The van der Waals surface area contributed by atoms with E-state index < -0.39 is 10.8 Å². The molecule has 24 heavy (non-hydrogen) atoms. The van der Waals surface area contributed by atoms with Gasteiger partial charge < -0.3 is 10.5 Å². The van der Waals surface area contributed by atoms with E-state index in [-0.39, 0.29) is 5.82 Å². The van der Waals surface area contributed by atoms with Crippen LogP contribution in [0.1, 0.15) is 25.0 Å². The topological polar surface area (TPSA) is 89.0 Å². The molecule has 5 nitrogen and oxygen atoms in total. The zero-order chi connectivity index (χ0) is 17.9. The minimum atomic E-state index is -1.29. The molecule has 2 rings (SSSR count). The molecule has 0 aliphatic heterocycles. The number of nitrogens with zero attached hydrogens (tertiary/aromatic N) is 2. The van der Waals surface area contributed by atoms with Gasteiger partial charge in [-0.05, 0) is 35.6 Å². The molecule has 0 amide bonds. The van der Waals surface area contributed by atoms with Crippen molar-refractivity contribution in [2.45, 2.75) is 25.3 Å². The van der Waals surface area contributed by atoms with Crippen molar-refractivity contribution in [2.24, 2.45) is 5.92 Å². The fraction of sp³-hybridized carbons (Fsp3) is 0.333. The fourth-order valence-corrected chi connectivity index (χ4v) is 3.40. The standard InChI is InChI=1S/C18H21N3O2S/c1-11(2)9-14-16(12-5-7-13(23-3)8-6-12)15(10-19)17(20)21-18(14)24(4)22/h5-8,11H,9H2,1-4H3,(H2,20,21). The van der Waals surface area contributed by atoms with Gasteiger partial charge in [0.15, 0.2) is 0 Å². The lowest BCUT2D eigenvalue weighted by Crippen LogP contribution is -2.11. The Bertz CT molecular complexity index is 808. The van der Waals surface area contributed by atoms with Crippen LogP contribution in [0.5, 0.6) is 5.75 Å². The smallest absolute Gasteiger partial charge is 0.143 e. The van der Waals surface area contributed by atoms with Gasteiger partial charge in [0.1, 0.15) is 28.2 Å². The zero-order valence-corrected chi connectivity index (χ0v) is 15.1. The number of ether oxygens (including phenoxy) is 1. The molecular weight excluding hydrogens is 322 g/mol. The number of anilines is 1. The summed E-state index contributed by atoms with van der Waals surface area (Å²) < 4.78 is 17.4. The number of rotatable bonds is 5. The van der Waals surface area contributed by atoms with Crippen molar-refractivity contribution >= 4 is 16.6 Å². The molecule has 1 aromatic heterocycles. The van der Waals surface area contributed by atoms with Gasteiger partial charge in [-0.25, -0.2) is 4.98 Å². The fourth-order valence-electron chi connectivity index (χ4n) is 2.64. The predicted molar refractivity (Wildman–Crippen MR) is 96.2 cm³/mol. The van der Waals surface area contributed by atoms with Crippen LogP contribution in [-0.2, 0) is 17.2 Å². The highest BCUT2D eigenvalue weighted by Gasteiger charge is 2.22. The van der Waals surface area contributed by atoms with E-state index >= 15 is 0 Å². The van der Waals surface area contributed by atoms with E-state index in [0.717, 1.165) is 16.9 Å². The van der Waals surface area contributed by atoms with Gasteiger partial charge in [0.2, 0.25) is 0 Å². The summed E-state index contributed by atoms with van der Waals surface area (Å²) in [7, 11) is 0.307. The summed E-state index contributed by atoms with van der Waals surface area (Å²) >= 11 is 0. The molecule has 0 aliphatic carbocycles. The highest BCUT2D eigenvalue weighted by atomic mass is 32.2. The van der Waals surface area contributed by atoms with Gasteiger partial charge in [-0.15, -0.1) is 0 Å². The number of nitrogen functional groups attached to an aromatic ring is 1. The second-order valence-corrected chi connectivity index (χ2v) is 7.22. The maximum Gasteiger partial charge on any atom is 0.143 e. The van der Waals surface area contributed by atoms with Gasteiger partial charge in [0.05, 0.1) is 17.9 Å². The van der Waals surface area contributed by atoms with Gasteiger partial charge in [0.25, 0.3) is 0 Å². The summed E-state index contributed by atoms with van der Waals surface area (Å²) in [5, 5.41) is 10.0. The van der Waals surface area contributed by atoms with Crippen LogP contribution in [0.15, 0.2) is 29.3 Å². The molecule has 1 heterocycles. The number of methoxy groups -OCH3 is 1. The van der Waals surface area contributed by atoms with E-state index in [9.17, 15) is 9.47 Å². The molecule has 2 N–H and O–H groups in total. The van der Waals surface area contributed by atoms with Crippen molar-refractivity contribution in [3.8, 4) is 22.9 Å². The monoisotopic (exact) mass is 343 g/mol. The minimum absolute atomic E-state index is 0.112. The first kappa shape index (κ1) is 18.0. The Morgan fingerprint density at radius 3 is 2.42 bits per heavy atom. The summed E-state index contributed by atoms with van der Waals surface area (Å²) in [5.74, 6) is 1.16. The van der Waals surface area contributed by atoms with Crippen LogP contribution in [0.2, 0.25) is 0 Å². The lowest BCUT2D eigenvalue weighted by atomic mass is 9.91. The lowest BCUT2D eigenvalue weighted by Gasteiger charge is -2.18. The summed E-state index contributed by atoms with van der Waals surface area (Å²) in [6, 6.07) is 9.56. The van der Waals surface area contributed by atoms with E-state index in [1.54, 1.807) is 13.4 Å². The number of aromatic nitrogens is 1. The van der Waals surface area contributed by atoms with E-state index in [2.05, 4.69) is 24.9 Å². The average molecular weight is 343 g/mol. The van der Waals surface area contributed by atoms with Crippen LogP contribution in [-0.4, -0.2) is 22.6 Å². The largest absolute Gasteiger partial charge is 0.497 e. The van der Waals surface area contributed by atoms with Crippen molar-refractivity contribution < 1.29 is 8.95 Å². The van der Waals surface area contributed by atoms with Crippen molar-refractivity contribution in [3.05, 3.63) is 35.4 Å². The van der Waals surface area contributed by atoms with E-state index in [4.69, 9.17) is 10.5 Å². The molecule has 0 saturated heterocycles. The highest BCUT2D eigenvalue weighted by molar-refractivity contribution is 7.84. The molecule has 2 aromatic rings. The molecule has 1 atom stereocenters. The van der Waals surface area contributed by atoms with Crippen molar-refractivity contribution in [1.82, 2.24) is 4.98 Å². The van der Waals surface area contributed by atoms with Crippen LogP contribution in [0.4, 0.5) is 5.82 Å². The second kappa shape index (κ2) is 7.45. The number of nitriles is 1. The summed E-state index contributed by atoms with van der Waals surface area (Å²) in [5.41, 5.74) is 8.67. The quantitative estimate of drug-likeness (QED) is 0.901. The zero-order valence-electron chi connectivity index (χ0n) is 14.3. The van der Waals surface area contributed by atoms with Crippen molar-refractivity contribution in [2.75, 3.05) is 19.1 Å². The molecule has 1 unspecified atom stereocenters.